The van der Waals surface area contributed by atoms with Crippen molar-refractivity contribution in [3.05, 3.63) is 22.4 Å². The van der Waals surface area contributed by atoms with Gasteiger partial charge in [-0.15, -0.1) is 11.3 Å². The minimum absolute atomic E-state index is 0.0408. The highest BCUT2D eigenvalue weighted by molar-refractivity contribution is 7.09. The molecule has 5 nitrogen and oxygen atoms in total. The van der Waals surface area contributed by atoms with Gasteiger partial charge in [0.05, 0.1) is 0 Å². The Morgan fingerprint density at radius 2 is 2.07 bits per heavy atom. The molecule has 3 rings (SSSR count). The Hall–Kier alpha value is -1.40. The van der Waals surface area contributed by atoms with Gasteiger partial charge in [-0.2, -0.15) is 0 Å². The molecular weight excluding hydrogens is 358 g/mol. The van der Waals surface area contributed by atoms with Crippen molar-refractivity contribution >= 4 is 23.2 Å². The van der Waals surface area contributed by atoms with Gasteiger partial charge in [-0.1, -0.05) is 19.9 Å². The van der Waals surface area contributed by atoms with Gasteiger partial charge in [0.15, 0.2) is 0 Å². The molecule has 0 aliphatic carbocycles. The Morgan fingerprint density at radius 1 is 1.22 bits per heavy atom. The lowest BCUT2D eigenvalue weighted by atomic mass is 9.96. The van der Waals surface area contributed by atoms with Crippen LogP contribution in [0.1, 0.15) is 50.8 Å². The van der Waals surface area contributed by atoms with E-state index in [2.05, 4.69) is 27.7 Å². The molecule has 0 unspecified atom stereocenters. The van der Waals surface area contributed by atoms with Gasteiger partial charge in [0.25, 0.3) is 0 Å². The van der Waals surface area contributed by atoms with E-state index in [1.807, 2.05) is 30.1 Å². The second-order valence-electron chi connectivity index (χ2n) is 8.27. The SMILES string of the molecule is CC(C)C(=O)N1CCCC[C@H]1C(=O)NC[C@H]1CCCN(Cc2cccs2)C1. The molecule has 2 saturated heterocycles. The largest absolute Gasteiger partial charge is 0.354 e. The first-order chi connectivity index (χ1) is 13.0. The zero-order valence-electron chi connectivity index (χ0n) is 16.7. The molecule has 2 fully saturated rings. The Kier molecular flexibility index (Phi) is 7.30. The monoisotopic (exact) mass is 391 g/mol. The molecule has 0 bridgehead atoms. The molecule has 1 aromatic heterocycles. The summed E-state index contributed by atoms with van der Waals surface area (Å²) >= 11 is 1.81. The summed E-state index contributed by atoms with van der Waals surface area (Å²) in [5, 5.41) is 5.30. The maximum Gasteiger partial charge on any atom is 0.242 e. The van der Waals surface area contributed by atoms with E-state index in [0.29, 0.717) is 12.5 Å². The number of hydrogen-bond donors (Lipinski definition) is 1. The van der Waals surface area contributed by atoms with Gasteiger partial charge in [0.1, 0.15) is 6.04 Å². The van der Waals surface area contributed by atoms with Crippen molar-refractivity contribution < 1.29 is 9.59 Å². The predicted molar refractivity (Wildman–Crippen MR) is 110 cm³/mol. The lowest BCUT2D eigenvalue weighted by Crippen LogP contribution is -2.54. The van der Waals surface area contributed by atoms with Crippen molar-refractivity contribution in [2.24, 2.45) is 11.8 Å². The van der Waals surface area contributed by atoms with Crippen molar-refractivity contribution in [2.75, 3.05) is 26.2 Å². The molecule has 0 saturated carbocycles. The predicted octanol–water partition coefficient (Wildman–Crippen LogP) is 3.11. The fourth-order valence-corrected chi connectivity index (χ4v) is 4.99. The zero-order valence-corrected chi connectivity index (χ0v) is 17.5. The highest BCUT2D eigenvalue weighted by atomic mass is 32.1. The van der Waals surface area contributed by atoms with Crippen molar-refractivity contribution in [1.82, 2.24) is 15.1 Å². The normalized spacial score (nSPS) is 24.2. The highest BCUT2D eigenvalue weighted by Gasteiger charge is 2.33. The summed E-state index contributed by atoms with van der Waals surface area (Å²) in [6.45, 7) is 8.46. The standard InChI is InChI=1S/C21H33N3O2S/c1-16(2)21(26)24-11-4-3-9-19(24)20(25)22-13-17-7-5-10-23(14-17)15-18-8-6-12-27-18/h6,8,12,16-17,19H,3-5,7,9-11,13-15H2,1-2H3,(H,22,25)/t17-,19+/m1/s1. The Bertz CT molecular complexity index is 617. The first-order valence-electron chi connectivity index (χ1n) is 10.4. The molecule has 150 valence electrons. The average Bonchev–Trinajstić information content (AvgIpc) is 3.18. The second kappa shape index (κ2) is 9.69. The molecule has 2 aliphatic heterocycles. The van der Waals surface area contributed by atoms with Crippen LogP contribution in [0, 0.1) is 11.8 Å². The lowest BCUT2D eigenvalue weighted by molar-refractivity contribution is -0.144. The van der Waals surface area contributed by atoms with Gasteiger partial charge in [0.2, 0.25) is 11.8 Å². The maximum atomic E-state index is 12.8. The minimum Gasteiger partial charge on any atom is -0.354 e. The molecule has 0 radical (unpaired) electrons. The summed E-state index contributed by atoms with van der Waals surface area (Å²) in [4.78, 5) is 31.0. The highest BCUT2D eigenvalue weighted by Crippen LogP contribution is 2.22. The molecule has 0 aromatic carbocycles. The van der Waals surface area contributed by atoms with Crippen molar-refractivity contribution in [1.29, 1.82) is 0 Å². The third-order valence-corrected chi connectivity index (χ3v) is 6.57. The zero-order chi connectivity index (χ0) is 19.2. The molecule has 2 atom stereocenters. The summed E-state index contributed by atoms with van der Waals surface area (Å²) in [5.41, 5.74) is 0. The van der Waals surface area contributed by atoms with Gasteiger partial charge >= 0.3 is 0 Å². The smallest absolute Gasteiger partial charge is 0.242 e. The second-order valence-corrected chi connectivity index (χ2v) is 9.30. The number of rotatable bonds is 6. The minimum atomic E-state index is -0.278. The number of piperidine rings is 2. The van der Waals surface area contributed by atoms with Crippen molar-refractivity contribution in [2.45, 2.75) is 58.5 Å². The van der Waals surface area contributed by atoms with E-state index in [9.17, 15) is 9.59 Å². The van der Waals surface area contributed by atoms with Crippen LogP contribution in [0.3, 0.4) is 0 Å². The van der Waals surface area contributed by atoms with Crippen LogP contribution in [0.5, 0.6) is 0 Å². The molecule has 2 aliphatic rings. The molecule has 0 spiro atoms. The van der Waals surface area contributed by atoms with Crippen LogP contribution in [-0.4, -0.2) is 53.8 Å². The summed E-state index contributed by atoms with van der Waals surface area (Å²) in [6, 6.07) is 4.02. The molecular formula is C21H33N3O2S. The van der Waals surface area contributed by atoms with E-state index in [0.717, 1.165) is 45.4 Å². The number of hydrogen-bond acceptors (Lipinski definition) is 4. The van der Waals surface area contributed by atoms with E-state index < -0.39 is 0 Å². The van der Waals surface area contributed by atoms with E-state index in [1.54, 1.807) is 0 Å². The third kappa shape index (κ3) is 5.55. The van der Waals surface area contributed by atoms with E-state index >= 15 is 0 Å². The fourth-order valence-electron chi connectivity index (χ4n) is 4.25. The quantitative estimate of drug-likeness (QED) is 0.811. The molecule has 2 amide bonds. The number of carbonyl (C=O) groups excluding carboxylic acids is 2. The van der Waals surface area contributed by atoms with Crippen LogP contribution in [0.15, 0.2) is 17.5 Å². The Morgan fingerprint density at radius 3 is 2.81 bits per heavy atom. The molecule has 6 heteroatoms. The first-order valence-corrected chi connectivity index (χ1v) is 11.3. The van der Waals surface area contributed by atoms with Crippen LogP contribution < -0.4 is 5.32 Å². The Labute approximate surface area is 167 Å². The van der Waals surface area contributed by atoms with Crippen LogP contribution in [0.4, 0.5) is 0 Å². The van der Waals surface area contributed by atoms with Crippen LogP contribution >= 0.6 is 11.3 Å². The molecule has 1 aromatic rings. The maximum absolute atomic E-state index is 12.8. The van der Waals surface area contributed by atoms with Crippen LogP contribution in [0.2, 0.25) is 0 Å². The van der Waals surface area contributed by atoms with Crippen molar-refractivity contribution in [3.63, 3.8) is 0 Å². The topological polar surface area (TPSA) is 52.7 Å². The first kappa shape index (κ1) is 20.3. The summed E-state index contributed by atoms with van der Waals surface area (Å²) in [7, 11) is 0. The summed E-state index contributed by atoms with van der Waals surface area (Å²) in [5.74, 6) is 0.594. The fraction of sp³-hybridized carbons (Fsp3) is 0.714. The van der Waals surface area contributed by atoms with Gasteiger partial charge in [-0.05, 0) is 56.0 Å². The number of thiophene rings is 1. The van der Waals surface area contributed by atoms with Gasteiger partial charge in [0, 0.05) is 37.0 Å². The number of likely N-dealkylation sites (tertiary alicyclic amines) is 2. The number of amides is 2. The number of carbonyl (C=O) groups is 2. The van der Waals surface area contributed by atoms with Gasteiger partial charge < -0.3 is 10.2 Å². The molecule has 27 heavy (non-hydrogen) atoms. The lowest BCUT2D eigenvalue weighted by Gasteiger charge is -2.37. The molecule has 3 heterocycles. The Balaban J connectivity index is 1.49. The van der Waals surface area contributed by atoms with Crippen molar-refractivity contribution in [3.8, 4) is 0 Å². The third-order valence-electron chi connectivity index (χ3n) is 5.71. The van der Waals surface area contributed by atoms with E-state index in [4.69, 9.17) is 0 Å². The van der Waals surface area contributed by atoms with Gasteiger partial charge in [-0.3, -0.25) is 14.5 Å². The molecule has 1 N–H and O–H groups in total. The summed E-state index contributed by atoms with van der Waals surface area (Å²) < 4.78 is 0. The van der Waals surface area contributed by atoms with Crippen LogP contribution in [-0.2, 0) is 16.1 Å². The number of nitrogens with zero attached hydrogens (tertiary/aromatic N) is 2. The summed E-state index contributed by atoms with van der Waals surface area (Å²) in [6.07, 6.45) is 5.17. The average molecular weight is 392 g/mol. The number of nitrogens with one attached hydrogen (secondary N) is 1. The van der Waals surface area contributed by atoms with E-state index in [-0.39, 0.29) is 23.8 Å². The van der Waals surface area contributed by atoms with E-state index in [1.165, 1.54) is 17.7 Å². The van der Waals surface area contributed by atoms with Gasteiger partial charge in [-0.25, -0.2) is 0 Å². The van der Waals surface area contributed by atoms with Crippen LogP contribution in [0.25, 0.3) is 0 Å².